The average Bonchev–Trinajstić information content (AvgIpc) is 2.12. The lowest BCUT2D eigenvalue weighted by atomic mass is 9.86. The molecule has 1 aromatic carbocycles. The molecule has 0 unspecified atom stereocenters. The molecule has 0 fully saturated rings. The van der Waals surface area contributed by atoms with Gasteiger partial charge in [0.25, 0.3) is 0 Å². The molecule has 0 radical (unpaired) electrons. The van der Waals surface area contributed by atoms with E-state index in [0.717, 1.165) is 16.7 Å². The summed E-state index contributed by atoms with van der Waals surface area (Å²) >= 11 is 0. The van der Waals surface area contributed by atoms with E-state index in [9.17, 15) is 9.90 Å². The number of rotatable bonds is 2. The number of carbonyl (C=O) groups is 1. The summed E-state index contributed by atoms with van der Waals surface area (Å²) in [6, 6.07) is 3.76. The minimum atomic E-state index is -0.306. The Morgan fingerprint density at radius 2 is 1.62 bits per heavy atom. The van der Waals surface area contributed by atoms with Crippen LogP contribution < -0.4 is 0 Å². The lowest BCUT2D eigenvalue weighted by molar-refractivity contribution is -0.125. The predicted molar refractivity (Wildman–Crippen MR) is 65.7 cm³/mol. The normalized spacial score (nSPS) is 11.6. The highest BCUT2D eigenvalue weighted by Crippen LogP contribution is 2.25. The monoisotopic (exact) mass is 220 g/mol. The first-order chi connectivity index (χ1) is 7.21. The first-order valence-electron chi connectivity index (χ1n) is 5.54. The van der Waals surface area contributed by atoms with E-state index in [1.54, 1.807) is 0 Å². The van der Waals surface area contributed by atoms with Gasteiger partial charge in [-0.1, -0.05) is 32.9 Å². The van der Waals surface area contributed by atoms with Gasteiger partial charge in [-0.3, -0.25) is 4.79 Å². The van der Waals surface area contributed by atoms with Crippen LogP contribution in [0.4, 0.5) is 0 Å². The number of ketones is 1. The lowest BCUT2D eigenvalue weighted by Gasteiger charge is -2.17. The summed E-state index contributed by atoms with van der Waals surface area (Å²) in [7, 11) is 0. The molecule has 0 aliphatic carbocycles. The second-order valence-electron chi connectivity index (χ2n) is 5.43. The number of aryl methyl sites for hydroxylation is 2. The number of hydrogen-bond donors (Lipinski definition) is 1. The molecule has 88 valence electrons. The zero-order valence-electron chi connectivity index (χ0n) is 10.7. The largest absolute Gasteiger partial charge is 0.507 e. The number of phenolic OH excluding ortho intramolecular Hbond substituents is 1. The van der Waals surface area contributed by atoms with Crippen LogP contribution in [0.5, 0.6) is 5.75 Å². The Kier molecular flexibility index (Phi) is 3.41. The summed E-state index contributed by atoms with van der Waals surface area (Å²) < 4.78 is 0. The average molecular weight is 220 g/mol. The molecule has 1 aromatic rings. The third kappa shape index (κ3) is 2.84. The van der Waals surface area contributed by atoms with Crippen molar-refractivity contribution in [3.63, 3.8) is 0 Å². The fraction of sp³-hybridized carbons (Fsp3) is 0.500. The van der Waals surface area contributed by atoms with Gasteiger partial charge >= 0.3 is 0 Å². The highest BCUT2D eigenvalue weighted by molar-refractivity contribution is 5.85. The van der Waals surface area contributed by atoms with Crippen LogP contribution in [0.15, 0.2) is 12.1 Å². The number of aromatic hydroxyl groups is 1. The maximum absolute atomic E-state index is 11.9. The smallest absolute Gasteiger partial charge is 0.142 e. The van der Waals surface area contributed by atoms with Gasteiger partial charge in [0.1, 0.15) is 11.5 Å². The van der Waals surface area contributed by atoms with Crippen molar-refractivity contribution in [1.82, 2.24) is 0 Å². The van der Waals surface area contributed by atoms with Gasteiger partial charge in [0.15, 0.2) is 0 Å². The van der Waals surface area contributed by atoms with Crippen molar-refractivity contribution in [2.24, 2.45) is 5.41 Å². The summed E-state index contributed by atoms with van der Waals surface area (Å²) in [6.07, 6.45) is 0.436. The van der Waals surface area contributed by atoms with E-state index < -0.39 is 0 Å². The van der Waals surface area contributed by atoms with E-state index in [4.69, 9.17) is 0 Å². The van der Waals surface area contributed by atoms with Crippen molar-refractivity contribution in [3.8, 4) is 5.75 Å². The van der Waals surface area contributed by atoms with Gasteiger partial charge < -0.3 is 5.11 Å². The summed E-state index contributed by atoms with van der Waals surface area (Å²) in [5.41, 5.74) is 2.33. The number of carbonyl (C=O) groups excluding carboxylic acids is 1. The quantitative estimate of drug-likeness (QED) is 0.831. The van der Waals surface area contributed by atoms with Gasteiger partial charge in [-0.2, -0.15) is 0 Å². The molecule has 0 aliphatic rings. The summed E-state index contributed by atoms with van der Waals surface area (Å²) in [5, 5.41) is 9.64. The standard InChI is InChI=1S/C14H20O2/c1-9-6-11(7-10(2)13(9)16)8-12(15)14(3,4)5/h6-7,16H,8H2,1-5H3. The van der Waals surface area contributed by atoms with Crippen LogP contribution in [-0.4, -0.2) is 10.9 Å². The van der Waals surface area contributed by atoms with E-state index in [1.165, 1.54) is 0 Å². The van der Waals surface area contributed by atoms with Crippen LogP contribution in [0.2, 0.25) is 0 Å². The zero-order valence-corrected chi connectivity index (χ0v) is 10.7. The van der Waals surface area contributed by atoms with Gasteiger partial charge in [-0.05, 0) is 30.5 Å². The minimum absolute atomic E-state index is 0.219. The first kappa shape index (κ1) is 12.8. The molecule has 0 saturated carbocycles. The lowest BCUT2D eigenvalue weighted by Crippen LogP contribution is -2.22. The molecule has 1 N–H and O–H groups in total. The number of benzene rings is 1. The minimum Gasteiger partial charge on any atom is -0.507 e. The molecule has 16 heavy (non-hydrogen) atoms. The van der Waals surface area contributed by atoms with E-state index in [2.05, 4.69) is 0 Å². The van der Waals surface area contributed by atoms with Crippen molar-refractivity contribution in [2.45, 2.75) is 41.0 Å². The molecular formula is C14H20O2. The summed E-state index contributed by atoms with van der Waals surface area (Å²) in [5.74, 6) is 0.545. The van der Waals surface area contributed by atoms with Crippen LogP contribution in [0.25, 0.3) is 0 Å². The molecule has 0 atom stereocenters. The van der Waals surface area contributed by atoms with Crippen molar-refractivity contribution in [2.75, 3.05) is 0 Å². The Morgan fingerprint density at radius 1 is 1.19 bits per heavy atom. The van der Waals surface area contributed by atoms with E-state index >= 15 is 0 Å². The van der Waals surface area contributed by atoms with Crippen molar-refractivity contribution in [1.29, 1.82) is 0 Å². The fourth-order valence-electron chi connectivity index (χ4n) is 1.60. The molecule has 0 aliphatic heterocycles. The molecule has 2 heteroatoms. The van der Waals surface area contributed by atoms with Crippen molar-refractivity contribution < 1.29 is 9.90 Å². The van der Waals surface area contributed by atoms with E-state index in [0.29, 0.717) is 12.2 Å². The molecule has 0 aromatic heterocycles. The Balaban J connectivity index is 2.96. The third-order valence-corrected chi connectivity index (χ3v) is 2.75. The van der Waals surface area contributed by atoms with Crippen LogP contribution in [0, 0.1) is 19.3 Å². The predicted octanol–water partition coefficient (Wildman–Crippen LogP) is 3.17. The molecule has 0 saturated heterocycles. The van der Waals surface area contributed by atoms with Crippen LogP contribution >= 0.6 is 0 Å². The number of hydrogen-bond acceptors (Lipinski definition) is 2. The van der Waals surface area contributed by atoms with Gasteiger partial charge in [0.05, 0.1) is 0 Å². The highest BCUT2D eigenvalue weighted by Gasteiger charge is 2.21. The third-order valence-electron chi connectivity index (χ3n) is 2.75. The van der Waals surface area contributed by atoms with Crippen LogP contribution in [-0.2, 0) is 11.2 Å². The SMILES string of the molecule is Cc1cc(CC(=O)C(C)(C)C)cc(C)c1O. The summed E-state index contributed by atoms with van der Waals surface area (Å²) in [6.45, 7) is 9.49. The molecule has 2 nitrogen and oxygen atoms in total. The number of phenols is 1. The Bertz CT molecular complexity index is 388. The fourth-order valence-corrected chi connectivity index (χ4v) is 1.60. The van der Waals surface area contributed by atoms with E-state index in [-0.39, 0.29) is 11.2 Å². The molecule has 0 bridgehead atoms. The van der Waals surface area contributed by atoms with Gasteiger partial charge in [0.2, 0.25) is 0 Å². The van der Waals surface area contributed by atoms with Gasteiger partial charge in [0, 0.05) is 11.8 Å². The van der Waals surface area contributed by atoms with Gasteiger partial charge in [-0.15, -0.1) is 0 Å². The summed E-state index contributed by atoms with van der Waals surface area (Å²) in [4.78, 5) is 11.9. The topological polar surface area (TPSA) is 37.3 Å². The molecular weight excluding hydrogens is 200 g/mol. The Hall–Kier alpha value is -1.31. The van der Waals surface area contributed by atoms with Crippen molar-refractivity contribution in [3.05, 3.63) is 28.8 Å². The molecule has 1 rings (SSSR count). The zero-order chi connectivity index (χ0) is 12.5. The molecule has 0 spiro atoms. The molecule has 0 heterocycles. The molecule has 0 amide bonds. The second kappa shape index (κ2) is 4.28. The Labute approximate surface area is 97.3 Å². The number of Topliss-reactive ketones (excluding diaryl/α,β-unsaturated/α-hetero) is 1. The maximum Gasteiger partial charge on any atom is 0.142 e. The highest BCUT2D eigenvalue weighted by atomic mass is 16.3. The maximum atomic E-state index is 11.9. The first-order valence-corrected chi connectivity index (χ1v) is 5.54. The van der Waals surface area contributed by atoms with Crippen LogP contribution in [0.3, 0.4) is 0 Å². The van der Waals surface area contributed by atoms with Crippen LogP contribution in [0.1, 0.15) is 37.5 Å². The van der Waals surface area contributed by atoms with Crippen molar-refractivity contribution >= 4 is 5.78 Å². The second-order valence-corrected chi connectivity index (χ2v) is 5.43. The Morgan fingerprint density at radius 3 is 2.00 bits per heavy atom. The van der Waals surface area contributed by atoms with E-state index in [1.807, 2.05) is 46.8 Å². The van der Waals surface area contributed by atoms with Gasteiger partial charge in [-0.25, -0.2) is 0 Å².